The van der Waals surface area contributed by atoms with E-state index in [4.69, 9.17) is 34.8 Å². The Morgan fingerprint density at radius 1 is 1.11 bits per heavy atom. The number of carbonyl (C=O) groups excluding carboxylic acids is 1. The maximum absolute atomic E-state index is 12.6. The van der Waals surface area contributed by atoms with Crippen LogP contribution in [-0.2, 0) is 11.8 Å². The lowest BCUT2D eigenvalue weighted by Gasteiger charge is -2.13. The van der Waals surface area contributed by atoms with Crippen LogP contribution in [0.15, 0.2) is 41.6 Å². The Labute approximate surface area is 182 Å². The number of hydrogen-bond acceptors (Lipinski definition) is 4. The van der Waals surface area contributed by atoms with Crippen LogP contribution in [0.25, 0.3) is 11.4 Å². The molecule has 9 heteroatoms. The molecular formula is C19H17Cl3N4OS. The summed E-state index contributed by atoms with van der Waals surface area (Å²) in [5, 5.41) is 12.5. The predicted octanol–water partition coefficient (Wildman–Crippen LogP) is 5.87. The number of rotatable bonds is 5. The number of halogens is 3. The molecule has 1 unspecified atom stereocenters. The first kappa shape index (κ1) is 21.0. The summed E-state index contributed by atoms with van der Waals surface area (Å²) in [6, 6.07) is 11.0. The average molecular weight is 456 g/mol. The van der Waals surface area contributed by atoms with E-state index < -0.39 is 5.25 Å². The molecule has 1 amide bonds. The van der Waals surface area contributed by atoms with Crippen molar-refractivity contribution in [3.8, 4) is 11.4 Å². The van der Waals surface area contributed by atoms with Crippen molar-refractivity contribution >= 4 is 58.2 Å². The second-order valence-electron chi connectivity index (χ2n) is 6.18. The van der Waals surface area contributed by atoms with Gasteiger partial charge < -0.3 is 9.88 Å². The highest BCUT2D eigenvalue weighted by Crippen LogP contribution is 2.33. The Hall–Kier alpha value is -1.73. The molecule has 0 saturated carbocycles. The van der Waals surface area contributed by atoms with E-state index in [0.29, 0.717) is 25.9 Å². The van der Waals surface area contributed by atoms with E-state index >= 15 is 0 Å². The molecule has 0 aliphatic rings. The molecule has 5 nitrogen and oxygen atoms in total. The third-order valence-corrected chi connectivity index (χ3v) is 6.31. The molecular weight excluding hydrogens is 439 g/mol. The SMILES string of the molecule is Cc1ccccc1-c1nnc(SC(C)C(=O)Nc2cc(Cl)c(Cl)cc2Cl)n1C. The highest BCUT2D eigenvalue weighted by molar-refractivity contribution is 8.00. The minimum Gasteiger partial charge on any atom is -0.324 e. The average Bonchev–Trinajstić information content (AvgIpc) is 3.00. The van der Waals surface area contributed by atoms with Crippen LogP contribution >= 0.6 is 46.6 Å². The fourth-order valence-electron chi connectivity index (χ4n) is 2.54. The van der Waals surface area contributed by atoms with Crippen molar-refractivity contribution in [3.63, 3.8) is 0 Å². The van der Waals surface area contributed by atoms with Gasteiger partial charge in [0, 0.05) is 12.6 Å². The summed E-state index contributed by atoms with van der Waals surface area (Å²) in [5.41, 5.74) is 2.52. The molecule has 2 aromatic carbocycles. The van der Waals surface area contributed by atoms with Crippen molar-refractivity contribution in [3.05, 3.63) is 57.0 Å². The topological polar surface area (TPSA) is 59.8 Å². The number of anilines is 1. The lowest BCUT2D eigenvalue weighted by Crippen LogP contribution is -2.23. The Bertz CT molecular complexity index is 1040. The molecule has 0 saturated heterocycles. The summed E-state index contributed by atoms with van der Waals surface area (Å²) in [4.78, 5) is 12.6. The van der Waals surface area contributed by atoms with Crippen molar-refractivity contribution in [2.24, 2.45) is 7.05 Å². The van der Waals surface area contributed by atoms with Gasteiger partial charge in [0.05, 0.1) is 26.0 Å². The third kappa shape index (κ3) is 4.46. The predicted molar refractivity (Wildman–Crippen MR) is 117 cm³/mol. The van der Waals surface area contributed by atoms with Gasteiger partial charge in [0.1, 0.15) is 0 Å². The second-order valence-corrected chi connectivity index (χ2v) is 8.71. The van der Waals surface area contributed by atoms with Crippen LogP contribution in [-0.4, -0.2) is 25.9 Å². The van der Waals surface area contributed by atoms with E-state index in [-0.39, 0.29) is 5.91 Å². The normalized spacial score (nSPS) is 12.1. The van der Waals surface area contributed by atoms with Gasteiger partial charge in [-0.15, -0.1) is 10.2 Å². The highest BCUT2D eigenvalue weighted by Gasteiger charge is 2.21. The molecule has 1 aromatic heterocycles. The Morgan fingerprint density at radius 3 is 2.50 bits per heavy atom. The molecule has 3 rings (SSSR count). The zero-order valence-corrected chi connectivity index (χ0v) is 18.4. The molecule has 1 N–H and O–H groups in total. The number of carbonyl (C=O) groups is 1. The molecule has 0 aliphatic carbocycles. The first-order valence-electron chi connectivity index (χ1n) is 8.35. The standard InChI is InChI=1S/C19H17Cl3N4OS/c1-10-6-4-5-7-12(10)17-24-25-19(26(17)3)28-11(2)18(27)23-16-9-14(21)13(20)8-15(16)22/h4-9,11H,1-3H3,(H,23,27). The van der Waals surface area contributed by atoms with Crippen LogP contribution in [0.5, 0.6) is 0 Å². The Kier molecular flexibility index (Phi) is 6.55. The van der Waals surface area contributed by atoms with E-state index in [1.54, 1.807) is 6.92 Å². The van der Waals surface area contributed by atoms with Crippen LogP contribution in [0.3, 0.4) is 0 Å². The molecule has 1 heterocycles. The molecule has 0 spiro atoms. The molecule has 0 radical (unpaired) electrons. The van der Waals surface area contributed by atoms with Gasteiger partial charge in [0.15, 0.2) is 11.0 Å². The van der Waals surface area contributed by atoms with E-state index in [1.807, 2.05) is 42.8 Å². The van der Waals surface area contributed by atoms with Crippen molar-refractivity contribution in [1.29, 1.82) is 0 Å². The molecule has 1 atom stereocenters. The minimum absolute atomic E-state index is 0.231. The van der Waals surface area contributed by atoms with Gasteiger partial charge >= 0.3 is 0 Å². The Morgan fingerprint density at radius 2 is 1.79 bits per heavy atom. The van der Waals surface area contributed by atoms with Crippen molar-refractivity contribution in [2.75, 3.05) is 5.32 Å². The number of nitrogens with one attached hydrogen (secondary N) is 1. The number of hydrogen-bond donors (Lipinski definition) is 1. The van der Waals surface area contributed by atoms with Crippen molar-refractivity contribution in [2.45, 2.75) is 24.3 Å². The maximum atomic E-state index is 12.6. The fourth-order valence-corrected chi connectivity index (χ4v) is 3.95. The van der Waals surface area contributed by atoms with Crippen LogP contribution in [0, 0.1) is 6.92 Å². The van der Waals surface area contributed by atoms with E-state index in [2.05, 4.69) is 15.5 Å². The van der Waals surface area contributed by atoms with Gasteiger partial charge in [0.25, 0.3) is 0 Å². The lowest BCUT2D eigenvalue weighted by molar-refractivity contribution is -0.115. The molecule has 0 aliphatic heterocycles. The number of amides is 1. The molecule has 3 aromatic rings. The monoisotopic (exact) mass is 454 g/mol. The zero-order valence-electron chi connectivity index (χ0n) is 15.3. The number of aryl methyl sites for hydroxylation is 1. The Balaban J connectivity index is 1.75. The molecule has 0 bridgehead atoms. The number of thioether (sulfide) groups is 1. The summed E-state index contributed by atoms with van der Waals surface area (Å²) < 4.78 is 1.88. The summed E-state index contributed by atoms with van der Waals surface area (Å²) in [6.45, 7) is 3.81. The molecule has 0 fully saturated rings. The quantitative estimate of drug-likeness (QED) is 0.386. The van der Waals surface area contributed by atoms with Gasteiger partial charge in [-0.05, 0) is 31.5 Å². The summed E-state index contributed by atoms with van der Waals surface area (Å²) in [6.07, 6.45) is 0. The smallest absolute Gasteiger partial charge is 0.237 e. The first-order valence-corrected chi connectivity index (χ1v) is 10.4. The van der Waals surface area contributed by atoms with Crippen LogP contribution < -0.4 is 5.32 Å². The lowest BCUT2D eigenvalue weighted by atomic mass is 10.1. The zero-order chi connectivity index (χ0) is 20.4. The van der Waals surface area contributed by atoms with Gasteiger partial charge in [-0.2, -0.15) is 0 Å². The fraction of sp³-hybridized carbons (Fsp3) is 0.211. The minimum atomic E-state index is -0.432. The van der Waals surface area contributed by atoms with Gasteiger partial charge in [-0.1, -0.05) is 70.8 Å². The van der Waals surface area contributed by atoms with Gasteiger partial charge in [-0.25, -0.2) is 0 Å². The van der Waals surface area contributed by atoms with Gasteiger partial charge in [0.2, 0.25) is 5.91 Å². The highest BCUT2D eigenvalue weighted by atomic mass is 35.5. The van der Waals surface area contributed by atoms with E-state index in [9.17, 15) is 4.79 Å². The van der Waals surface area contributed by atoms with Crippen molar-refractivity contribution in [1.82, 2.24) is 14.8 Å². The van der Waals surface area contributed by atoms with E-state index in [1.165, 1.54) is 23.9 Å². The molecule has 28 heavy (non-hydrogen) atoms. The van der Waals surface area contributed by atoms with Crippen molar-refractivity contribution < 1.29 is 4.79 Å². The molecule has 146 valence electrons. The third-order valence-electron chi connectivity index (χ3n) is 4.14. The summed E-state index contributed by atoms with van der Waals surface area (Å²) in [5.74, 6) is 0.520. The number of benzene rings is 2. The maximum Gasteiger partial charge on any atom is 0.237 e. The van der Waals surface area contributed by atoms with Gasteiger partial charge in [-0.3, -0.25) is 4.79 Å². The number of nitrogens with zero attached hydrogens (tertiary/aromatic N) is 3. The van der Waals surface area contributed by atoms with Crippen LogP contribution in [0.2, 0.25) is 15.1 Å². The largest absolute Gasteiger partial charge is 0.324 e. The number of aromatic nitrogens is 3. The summed E-state index contributed by atoms with van der Waals surface area (Å²) in [7, 11) is 1.88. The van der Waals surface area contributed by atoms with Crippen LogP contribution in [0.1, 0.15) is 12.5 Å². The van der Waals surface area contributed by atoms with Crippen LogP contribution in [0.4, 0.5) is 5.69 Å². The second kappa shape index (κ2) is 8.74. The van der Waals surface area contributed by atoms with E-state index in [0.717, 1.165) is 17.0 Å². The first-order chi connectivity index (χ1) is 13.3. The summed E-state index contributed by atoms with van der Waals surface area (Å²) >= 11 is 19.4.